The molecule has 0 aliphatic heterocycles. The molecule has 0 N–H and O–H groups in total. The van der Waals surface area contributed by atoms with Crippen LogP contribution in [0.1, 0.15) is 18.9 Å². The Morgan fingerprint density at radius 1 is 1.05 bits per heavy atom. The van der Waals surface area contributed by atoms with E-state index in [0.29, 0.717) is 6.42 Å². The van der Waals surface area contributed by atoms with Gasteiger partial charge in [-0.2, -0.15) is 0 Å². The summed E-state index contributed by atoms with van der Waals surface area (Å²) in [4.78, 5) is 12.2. The fourth-order valence-corrected chi connectivity index (χ4v) is 3.98. The lowest BCUT2D eigenvalue weighted by Gasteiger charge is -2.19. The molecule has 0 fully saturated rings. The van der Waals surface area contributed by atoms with Crippen LogP contribution in [0.15, 0.2) is 47.7 Å². The van der Waals surface area contributed by atoms with Crippen LogP contribution in [0.4, 0.5) is 0 Å². The summed E-state index contributed by atoms with van der Waals surface area (Å²) < 4.78 is 0. The van der Waals surface area contributed by atoms with Gasteiger partial charge in [0.1, 0.15) is 0 Å². The van der Waals surface area contributed by atoms with Gasteiger partial charge in [-0.25, -0.2) is 0 Å². The molecule has 0 aliphatic carbocycles. The van der Waals surface area contributed by atoms with Gasteiger partial charge in [0.25, 0.3) is 0 Å². The minimum atomic E-state index is -1.61. The highest BCUT2D eigenvalue weighted by molar-refractivity contribution is 6.88. The predicted octanol–water partition coefficient (Wildman–Crippen LogP) is 5.08. The molecule has 0 aromatic heterocycles. The van der Waals surface area contributed by atoms with Crippen LogP contribution in [0, 0.1) is 0 Å². The molecule has 2 aromatic carbocycles. The van der Waals surface area contributed by atoms with Gasteiger partial charge in [0.05, 0.1) is 8.07 Å². The van der Waals surface area contributed by atoms with E-state index in [2.05, 4.69) is 56.0 Å². The van der Waals surface area contributed by atoms with Crippen molar-refractivity contribution in [3.63, 3.8) is 0 Å². The molecule has 0 heterocycles. The maximum Gasteiger partial charge on any atom is 0.154 e. The van der Waals surface area contributed by atoms with Crippen LogP contribution in [-0.4, -0.2) is 13.9 Å². The molecule has 0 radical (unpaired) electrons. The Hall–Kier alpha value is -1.67. The summed E-state index contributed by atoms with van der Waals surface area (Å²) in [5.41, 5.74) is 1.13. The second-order valence-corrected chi connectivity index (χ2v) is 11.2. The number of Topliss-reactive ketones (excluding diaryl/α,β-unsaturated/α-hetero) is 1. The molecule has 104 valence electrons. The molecule has 1 nitrogen and oxygen atoms in total. The largest absolute Gasteiger partial charge is 0.295 e. The molecular formula is C18H22OSi. The summed E-state index contributed by atoms with van der Waals surface area (Å²) >= 11 is 0. The summed E-state index contributed by atoms with van der Waals surface area (Å²) in [6.45, 7) is 8.63. The zero-order valence-electron chi connectivity index (χ0n) is 12.7. The SMILES string of the molecule is CCC(=O)/C(=C\c1ccc2ccccc2c1)[Si](C)(C)C. The molecule has 0 amide bonds. The van der Waals surface area contributed by atoms with E-state index < -0.39 is 8.07 Å². The third kappa shape index (κ3) is 3.25. The van der Waals surface area contributed by atoms with E-state index in [0.717, 1.165) is 10.8 Å². The van der Waals surface area contributed by atoms with E-state index in [-0.39, 0.29) is 5.78 Å². The lowest BCUT2D eigenvalue weighted by atomic mass is 10.1. The Morgan fingerprint density at radius 3 is 2.30 bits per heavy atom. The van der Waals surface area contributed by atoms with Crippen LogP contribution < -0.4 is 0 Å². The van der Waals surface area contributed by atoms with Crippen LogP contribution in [0.25, 0.3) is 16.8 Å². The zero-order chi connectivity index (χ0) is 14.8. The predicted molar refractivity (Wildman–Crippen MR) is 90.6 cm³/mol. The fourth-order valence-electron chi connectivity index (χ4n) is 2.37. The number of carbonyl (C=O) groups is 1. The van der Waals surface area contributed by atoms with Crippen molar-refractivity contribution < 1.29 is 4.79 Å². The van der Waals surface area contributed by atoms with Crippen molar-refractivity contribution >= 4 is 30.7 Å². The maximum atomic E-state index is 12.2. The maximum absolute atomic E-state index is 12.2. The van der Waals surface area contributed by atoms with E-state index in [9.17, 15) is 4.79 Å². The van der Waals surface area contributed by atoms with Crippen LogP contribution in [-0.2, 0) is 4.79 Å². The first-order valence-corrected chi connectivity index (χ1v) is 10.7. The van der Waals surface area contributed by atoms with Crippen molar-refractivity contribution in [2.45, 2.75) is 33.0 Å². The van der Waals surface area contributed by atoms with Crippen molar-refractivity contribution in [1.29, 1.82) is 0 Å². The second kappa shape index (κ2) is 5.76. The number of allylic oxidation sites excluding steroid dienone is 1. The molecule has 0 aliphatic rings. The van der Waals surface area contributed by atoms with Gasteiger partial charge in [-0.15, -0.1) is 0 Å². The van der Waals surface area contributed by atoms with Gasteiger partial charge in [0.2, 0.25) is 0 Å². The average molecular weight is 282 g/mol. The lowest BCUT2D eigenvalue weighted by molar-refractivity contribution is -0.114. The number of hydrogen-bond donors (Lipinski definition) is 0. The van der Waals surface area contributed by atoms with Crippen LogP contribution in [0.5, 0.6) is 0 Å². The molecule has 2 aromatic rings. The van der Waals surface area contributed by atoms with Gasteiger partial charge >= 0.3 is 0 Å². The third-order valence-corrected chi connectivity index (χ3v) is 5.55. The zero-order valence-corrected chi connectivity index (χ0v) is 13.7. The number of fused-ring (bicyclic) bond motifs is 1. The Kier molecular flexibility index (Phi) is 4.24. The number of carbonyl (C=O) groups excluding carboxylic acids is 1. The lowest BCUT2D eigenvalue weighted by Crippen LogP contribution is -2.29. The normalized spacial score (nSPS) is 12.7. The highest BCUT2D eigenvalue weighted by atomic mass is 28.3. The van der Waals surface area contributed by atoms with Crippen molar-refractivity contribution in [1.82, 2.24) is 0 Å². The van der Waals surface area contributed by atoms with E-state index in [1.165, 1.54) is 10.8 Å². The molecule has 0 unspecified atom stereocenters. The Bertz CT molecular complexity index is 662. The van der Waals surface area contributed by atoms with Gasteiger partial charge in [-0.05, 0) is 27.6 Å². The van der Waals surface area contributed by atoms with Gasteiger partial charge in [0.15, 0.2) is 5.78 Å². The first-order valence-electron chi connectivity index (χ1n) is 7.16. The van der Waals surface area contributed by atoms with Crippen molar-refractivity contribution in [2.24, 2.45) is 0 Å². The quantitative estimate of drug-likeness (QED) is 0.564. The van der Waals surface area contributed by atoms with E-state index in [4.69, 9.17) is 0 Å². The minimum Gasteiger partial charge on any atom is -0.295 e. The highest BCUT2D eigenvalue weighted by Gasteiger charge is 2.24. The molecule has 2 heteroatoms. The molecule has 0 spiro atoms. The van der Waals surface area contributed by atoms with Crippen LogP contribution in [0.3, 0.4) is 0 Å². The van der Waals surface area contributed by atoms with E-state index >= 15 is 0 Å². The second-order valence-electron chi connectivity index (χ2n) is 6.19. The summed E-state index contributed by atoms with van der Waals surface area (Å²) in [5.74, 6) is 0.289. The van der Waals surface area contributed by atoms with Gasteiger partial charge in [-0.1, -0.05) is 69.0 Å². The first-order chi connectivity index (χ1) is 9.41. The molecule has 2 rings (SSSR count). The van der Waals surface area contributed by atoms with E-state index in [1.54, 1.807) is 0 Å². The van der Waals surface area contributed by atoms with Gasteiger partial charge < -0.3 is 0 Å². The fraction of sp³-hybridized carbons (Fsp3) is 0.278. The molecule has 0 atom stereocenters. The smallest absolute Gasteiger partial charge is 0.154 e. The Morgan fingerprint density at radius 2 is 1.70 bits per heavy atom. The highest BCUT2D eigenvalue weighted by Crippen LogP contribution is 2.23. The number of hydrogen-bond acceptors (Lipinski definition) is 1. The third-order valence-electron chi connectivity index (χ3n) is 3.51. The number of rotatable bonds is 4. The van der Waals surface area contributed by atoms with Crippen LogP contribution in [0.2, 0.25) is 19.6 Å². The summed E-state index contributed by atoms with van der Waals surface area (Å²) in [6, 6.07) is 14.7. The first kappa shape index (κ1) is 14.7. The standard InChI is InChI=1S/C18H22OSi/c1-5-17(19)18(20(2,3)4)13-14-10-11-15-8-6-7-9-16(15)12-14/h6-13H,5H2,1-4H3/b18-13+. The molecular weight excluding hydrogens is 260 g/mol. The molecule has 20 heavy (non-hydrogen) atoms. The van der Waals surface area contributed by atoms with Gasteiger partial charge in [0, 0.05) is 6.42 Å². The summed E-state index contributed by atoms with van der Waals surface area (Å²) in [7, 11) is -1.61. The Balaban J connectivity index is 2.50. The molecule has 0 bridgehead atoms. The van der Waals surface area contributed by atoms with E-state index in [1.807, 2.05) is 19.1 Å². The van der Waals surface area contributed by atoms with Gasteiger partial charge in [-0.3, -0.25) is 4.79 Å². The molecule has 0 saturated heterocycles. The van der Waals surface area contributed by atoms with Crippen LogP contribution >= 0.6 is 0 Å². The Labute approximate surface area is 122 Å². The summed E-state index contributed by atoms with van der Waals surface area (Å²) in [5, 5.41) is 3.50. The summed E-state index contributed by atoms with van der Waals surface area (Å²) in [6.07, 6.45) is 2.69. The minimum absolute atomic E-state index is 0.289. The van der Waals surface area contributed by atoms with Crippen molar-refractivity contribution in [3.8, 4) is 0 Å². The monoisotopic (exact) mass is 282 g/mol. The number of benzene rings is 2. The topological polar surface area (TPSA) is 17.1 Å². The van der Waals surface area contributed by atoms with Crippen molar-refractivity contribution in [2.75, 3.05) is 0 Å². The number of ketones is 1. The van der Waals surface area contributed by atoms with Crippen molar-refractivity contribution in [3.05, 3.63) is 53.2 Å². The molecule has 0 saturated carbocycles. The average Bonchev–Trinajstić information content (AvgIpc) is 2.42.